The molecule has 20 heavy (non-hydrogen) atoms. The molecule has 0 aliphatic carbocycles. The van der Waals surface area contributed by atoms with Crippen LogP contribution in [0.3, 0.4) is 0 Å². The van der Waals surface area contributed by atoms with Crippen molar-refractivity contribution in [1.29, 1.82) is 0 Å². The van der Waals surface area contributed by atoms with E-state index < -0.39 is 4.92 Å². The van der Waals surface area contributed by atoms with Crippen LogP contribution in [-0.4, -0.2) is 29.1 Å². The first kappa shape index (κ1) is 15.0. The van der Waals surface area contributed by atoms with Gasteiger partial charge in [-0.05, 0) is 25.5 Å². The maximum atomic E-state index is 10.7. The minimum absolute atomic E-state index is 0. The third-order valence-corrected chi connectivity index (χ3v) is 4.01. The summed E-state index contributed by atoms with van der Waals surface area (Å²) < 4.78 is 6.72. The maximum absolute atomic E-state index is 10.7. The molecule has 1 N–H and O–H groups in total. The van der Waals surface area contributed by atoms with Crippen molar-refractivity contribution in [2.75, 3.05) is 13.1 Å². The molecule has 1 aromatic heterocycles. The number of nitrogens with one attached hydrogen (secondary N) is 1. The fourth-order valence-electron chi connectivity index (χ4n) is 2.12. The van der Waals surface area contributed by atoms with E-state index in [2.05, 4.69) is 10.3 Å². The zero-order chi connectivity index (χ0) is 13.2. The quantitative estimate of drug-likeness (QED) is 0.696. The number of piperidine rings is 1. The number of nitrogens with zero attached hydrogens (tertiary/aromatic N) is 2. The summed E-state index contributed by atoms with van der Waals surface area (Å²) in [5.41, 5.74) is 0.682. The average molecular weight is 316 g/mol. The number of fused-ring (bicyclic) bond motifs is 1. The van der Waals surface area contributed by atoms with E-state index in [9.17, 15) is 10.1 Å². The van der Waals surface area contributed by atoms with E-state index in [-0.39, 0.29) is 24.2 Å². The van der Waals surface area contributed by atoms with Gasteiger partial charge < -0.3 is 10.1 Å². The van der Waals surface area contributed by atoms with Crippen molar-refractivity contribution in [3.8, 4) is 5.19 Å². The van der Waals surface area contributed by atoms with Gasteiger partial charge in [-0.3, -0.25) is 10.1 Å². The zero-order valence-electron chi connectivity index (χ0n) is 10.6. The van der Waals surface area contributed by atoms with Gasteiger partial charge in [0.15, 0.2) is 0 Å². The fourth-order valence-corrected chi connectivity index (χ4v) is 2.98. The number of nitro benzene ring substituents is 1. The van der Waals surface area contributed by atoms with Gasteiger partial charge >= 0.3 is 0 Å². The number of benzene rings is 1. The third-order valence-electron chi connectivity index (χ3n) is 3.08. The minimum Gasteiger partial charge on any atom is -0.465 e. The van der Waals surface area contributed by atoms with Crippen LogP contribution in [0.15, 0.2) is 18.2 Å². The molecule has 1 aromatic carbocycles. The Balaban J connectivity index is 0.00000147. The molecule has 0 unspecified atom stereocenters. The van der Waals surface area contributed by atoms with Gasteiger partial charge in [-0.15, -0.1) is 12.4 Å². The van der Waals surface area contributed by atoms with Crippen LogP contribution in [-0.2, 0) is 0 Å². The molecule has 3 rings (SSSR count). The minimum atomic E-state index is -0.412. The smallest absolute Gasteiger partial charge is 0.274 e. The maximum Gasteiger partial charge on any atom is 0.274 e. The van der Waals surface area contributed by atoms with Crippen molar-refractivity contribution in [1.82, 2.24) is 10.3 Å². The van der Waals surface area contributed by atoms with E-state index in [0.717, 1.165) is 30.6 Å². The zero-order valence-corrected chi connectivity index (χ0v) is 12.2. The lowest BCUT2D eigenvalue weighted by molar-refractivity contribution is -0.384. The van der Waals surface area contributed by atoms with Crippen LogP contribution in [0.5, 0.6) is 5.19 Å². The van der Waals surface area contributed by atoms with E-state index in [1.807, 2.05) is 0 Å². The van der Waals surface area contributed by atoms with Crippen LogP contribution < -0.4 is 10.1 Å². The Bertz CT molecular complexity index is 613. The molecule has 0 spiro atoms. The van der Waals surface area contributed by atoms with E-state index in [1.165, 1.54) is 23.5 Å². The fraction of sp³-hybridized carbons (Fsp3) is 0.417. The summed E-state index contributed by atoms with van der Waals surface area (Å²) in [5.74, 6) is 0. The average Bonchev–Trinajstić information content (AvgIpc) is 2.80. The number of thiazole rings is 1. The van der Waals surface area contributed by atoms with Crippen LogP contribution in [0.25, 0.3) is 10.2 Å². The van der Waals surface area contributed by atoms with Gasteiger partial charge in [0, 0.05) is 18.7 Å². The second kappa shape index (κ2) is 6.34. The Morgan fingerprint density at radius 3 is 3.05 bits per heavy atom. The summed E-state index contributed by atoms with van der Waals surface area (Å²) in [6.07, 6.45) is 2.26. The first-order valence-corrected chi connectivity index (χ1v) is 6.96. The highest BCUT2D eigenvalue weighted by atomic mass is 35.5. The summed E-state index contributed by atoms with van der Waals surface area (Å²) in [4.78, 5) is 14.6. The first-order chi connectivity index (χ1) is 9.22. The highest BCUT2D eigenvalue weighted by Gasteiger charge is 2.17. The monoisotopic (exact) mass is 315 g/mol. The van der Waals surface area contributed by atoms with Crippen molar-refractivity contribution in [2.45, 2.75) is 18.9 Å². The Hall–Kier alpha value is -1.44. The number of nitro groups is 1. The van der Waals surface area contributed by atoms with E-state index in [1.54, 1.807) is 6.07 Å². The Morgan fingerprint density at radius 1 is 1.50 bits per heavy atom. The molecular weight excluding hydrogens is 302 g/mol. The molecule has 1 atom stereocenters. The molecular formula is C12H14ClN3O3S. The number of halogens is 1. The number of non-ortho nitro benzene ring substituents is 1. The van der Waals surface area contributed by atoms with Gasteiger partial charge in [0.2, 0.25) is 0 Å². The third kappa shape index (κ3) is 3.17. The van der Waals surface area contributed by atoms with Crippen molar-refractivity contribution < 1.29 is 9.66 Å². The Morgan fingerprint density at radius 2 is 2.35 bits per heavy atom. The molecule has 2 aromatic rings. The van der Waals surface area contributed by atoms with E-state index in [4.69, 9.17) is 4.74 Å². The summed E-state index contributed by atoms with van der Waals surface area (Å²) in [6.45, 7) is 1.86. The lowest BCUT2D eigenvalue weighted by Gasteiger charge is -2.22. The molecule has 6 nitrogen and oxygen atoms in total. The van der Waals surface area contributed by atoms with Gasteiger partial charge in [-0.1, -0.05) is 11.3 Å². The second-order valence-electron chi connectivity index (χ2n) is 4.48. The molecule has 2 heterocycles. The largest absolute Gasteiger partial charge is 0.465 e. The molecule has 1 aliphatic heterocycles. The number of ether oxygens (including phenoxy) is 1. The number of aromatic nitrogens is 1. The lowest BCUT2D eigenvalue weighted by atomic mass is 10.1. The SMILES string of the molecule is Cl.O=[N+]([O-])c1ccc2sc(O[C@@H]3CCCNC3)nc2c1. The Labute approximate surface area is 125 Å². The summed E-state index contributed by atoms with van der Waals surface area (Å²) in [7, 11) is 0. The van der Waals surface area contributed by atoms with Crippen molar-refractivity contribution in [3.05, 3.63) is 28.3 Å². The normalized spacial score (nSPS) is 18.5. The molecule has 0 radical (unpaired) electrons. The molecule has 1 fully saturated rings. The Kier molecular flexibility index (Phi) is 4.74. The second-order valence-corrected chi connectivity index (χ2v) is 5.47. The van der Waals surface area contributed by atoms with E-state index in [0.29, 0.717) is 10.7 Å². The summed E-state index contributed by atoms with van der Waals surface area (Å²) in [6, 6.07) is 4.70. The predicted octanol–water partition coefficient (Wildman–Crippen LogP) is 2.76. The molecule has 1 aliphatic rings. The van der Waals surface area contributed by atoms with Crippen molar-refractivity contribution in [3.63, 3.8) is 0 Å². The van der Waals surface area contributed by atoms with Gasteiger partial charge in [0.1, 0.15) is 6.10 Å². The van der Waals surface area contributed by atoms with Crippen molar-refractivity contribution in [2.24, 2.45) is 0 Å². The van der Waals surface area contributed by atoms with Crippen LogP contribution >= 0.6 is 23.7 Å². The van der Waals surface area contributed by atoms with Gasteiger partial charge in [-0.2, -0.15) is 0 Å². The summed E-state index contributed by atoms with van der Waals surface area (Å²) in [5, 5.41) is 14.6. The highest BCUT2D eigenvalue weighted by molar-refractivity contribution is 7.20. The first-order valence-electron chi connectivity index (χ1n) is 6.15. The summed E-state index contributed by atoms with van der Waals surface area (Å²) >= 11 is 1.43. The molecule has 0 bridgehead atoms. The van der Waals surface area contributed by atoms with Gasteiger partial charge in [0.05, 0.1) is 15.1 Å². The van der Waals surface area contributed by atoms with Crippen molar-refractivity contribution >= 4 is 39.6 Å². The lowest BCUT2D eigenvalue weighted by Crippen LogP contribution is -2.37. The molecule has 0 amide bonds. The van der Waals surface area contributed by atoms with Crippen LogP contribution in [0.1, 0.15) is 12.8 Å². The van der Waals surface area contributed by atoms with Crippen LogP contribution in [0, 0.1) is 10.1 Å². The van der Waals surface area contributed by atoms with Crippen LogP contribution in [0.4, 0.5) is 5.69 Å². The highest BCUT2D eigenvalue weighted by Crippen LogP contribution is 2.31. The number of hydrogen-bond donors (Lipinski definition) is 1. The standard InChI is InChI=1S/C12H13N3O3S.ClH/c16-15(17)8-3-4-11-10(6-8)14-12(19-11)18-9-2-1-5-13-7-9;/h3-4,6,9,13H,1-2,5,7H2;1H/t9-;/m1./s1. The molecule has 0 saturated carbocycles. The number of hydrogen-bond acceptors (Lipinski definition) is 6. The predicted molar refractivity (Wildman–Crippen MR) is 80.0 cm³/mol. The van der Waals surface area contributed by atoms with Gasteiger partial charge in [0.25, 0.3) is 10.9 Å². The molecule has 8 heteroatoms. The van der Waals surface area contributed by atoms with E-state index >= 15 is 0 Å². The number of rotatable bonds is 3. The molecule has 1 saturated heterocycles. The topological polar surface area (TPSA) is 77.3 Å². The van der Waals surface area contributed by atoms with Gasteiger partial charge in [-0.25, -0.2) is 4.98 Å². The van der Waals surface area contributed by atoms with Crippen LogP contribution in [0.2, 0.25) is 0 Å². The molecule has 108 valence electrons.